The molecule has 1 aliphatic heterocycles. The van der Waals surface area contributed by atoms with Gasteiger partial charge in [-0.15, -0.1) is 0 Å². The first-order chi connectivity index (χ1) is 8.77. The highest BCUT2D eigenvalue weighted by Crippen LogP contribution is 2.30. The van der Waals surface area contributed by atoms with E-state index in [-0.39, 0.29) is 12.5 Å². The molecule has 1 atom stereocenters. The van der Waals surface area contributed by atoms with Crippen LogP contribution in [0.15, 0.2) is 24.3 Å². The minimum Gasteiger partial charge on any atom is -0.491 e. The van der Waals surface area contributed by atoms with Crippen LogP contribution >= 0.6 is 0 Å². The largest absolute Gasteiger partial charge is 0.491 e. The van der Waals surface area contributed by atoms with E-state index < -0.39 is 6.10 Å². The van der Waals surface area contributed by atoms with Crippen LogP contribution in [-0.4, -0.2) is 38.8 Å². The summed E-state index contributed by atoms with van der Waals surface area (Å²) in [5.41, 5.74) is 6.33. The van der Waals surface area contributed by atoms with Crippen LogP contribution in [0.3, 0.4) is 0 Å². The van der Waals surface area contributed by atoms with Gasteiger partial charge >= 0.3 is 0 Å². The first-order valence-corrected chi connectivity index (χ1v) is 6.04. The summed E-state index contributed by atoms with van der Waals surface area (Å²) in [7, 11) is 1.50. The maximum Gasteiger partial charge on any atom is 0.257 e. The van der Waals surface area contributed by atoms with Gasteiger partial charge in [-0.2, -0.15) is 0 Å². The number of nitrogens with zero attached hydrogens (tertiary/aromatic N) is 1. The molecule has 0 spiro atoms. The lowest BCUT2D eigenvalue weighted by Crippen LogP contribution is -2.44. The highest BCUT2D eigenvalue weighted by Gasteiger charge is 2.27. The molecule has 18 heavy (non-hydrogen) atoms. The van der Waals surface area contributed by atoms with Gasteiger partial charge in [0.05, 0.1) is 12.3 Å². The van der Waals surface area contributed by atoms with Crippen molar-refractivity contribution in [3.8, 4) is 5.75 Å². The van der Waals surface area contributed by atoms with Gasteiger partial charge < -0.3 is 20.1 Å². The molecule has 1 unspecified atom stereocenters. The van der Waals surface area contributed by atoms with Gasteiger partial charge in [-0.1, -0.05) is 12.1 Å². The van der Waals surface area contributed by atoms with Crippen LogP contribution in [0.5, 0.6) is 5.75 Å². The number of methoxy groups -OCH3 is 1. The number of carbonyl (C=O) groups is 1. The van der Waals surface area contributed by atoms with Gasteiger partial charge in [0.15, 0.2) is 0 Å². The molecule has 98 valence electrons. The number of ether oxygens (including phenoxy) is 2. The molecule has 5 heteroatoms. The van der Waals surface area contributed by atoms with Gasteiger partial charge in [0, 0.05) is 20.2 Å². The summed E-state index contributed by atoms with van der Waals surface area (Å²) in [4.78, 5) is 14.0. The fourth-order valence-electron chi connectivity index (χ4n) is 2.03. The quantitative estimate of drug-likeness (QED) is 0.860. The average Bonchev–Trinajstić information content (AvgIpc) is 2.62. The number of hydrogen-bond donors (Lipinski definition) is 1. The Balaban J connectivity index is 2.30. The Hall–Kier alpha value is -1.59. The second-order valence-electron chi connectivity index (χ2n) is 4.12. The number of anilines is 1. The van der Waals surface area contributed by atoms with Gasteiger partial charge in [0.1, 0.15) is 11.9 Å². The SMILES string of the molecule is COC(CN)C(=O)N1CCCOc2ccccc21. The Labute approximate surface area is 106 Å². The van der Waals surface area contributed by atoms with Crippen molar-refractivity contribution >= 4 is 11.6 Å². The fourth-order valence-corrected chi connectivity index (χ4v) is 2.03. The number of amides is 1. The van der Waals surface area contributed by atoms with E-state index in [1.54, 1.807) is 4.90 Å². The van der Waals surface area contributed by atoms with Crippen LogP contribution in [0, 0.1) is 0 Å². The zero-order chi connectivity index (χ0) is 13.0. The molecule has 2 N–H and O–H groups in total. The second-order valence-corrected chi connectivity index (χ2v) is 4.12. The standard InChI is InChI=1S/C13H18N2O3/c1-17-12(9-14)13(16)15-7-4-8-18-11-6-3-2-5-10(11)15/h2-3,5-6,12H,4,7-9,14H2,1H3. The third-order valence-corrected chi connectivity index (χ3v) is 2.98. The second kappa shape index (κ2) is 5.84. The predicted octanol–water partition coefficient (Wildman–Crippen LogP) is 0.776. The number of nitrogens with two attached hydrogens (primary N) is 1. The molecular formula is C13H18N2O3. The number of rotatable bonds is 3. The van der Waals surface area contributed by atoms with Crippen LogP contribution in [0.1, 0.15) is 6.42 Å². The first kappa shape index (κ1) is 12.9. The van der Waals surface area contributed by atoms with Crippen molar-refractivity contribution < 1.29 is 14.3 Å². The van der Waals surface area contributed by atoms with Crippen molar-refractivity contribution in [2.45, 2.75) is 12.5 Å². The van der Waals surface area contributed by atoms with Gasteiger partial charge in [-0.25, -0.2) is 0 Å². The minimum atomic E-state index is -0.601. The molecule has 1 aromatic carbocycles. The molecule has 1 aliphatic rings. The molecule has 1 heterocycles. The Morgan fingerprint density at radius 3 is 3.06 bits per heavy atom. The Morgan fingerprint density at radius 2 is 2.33 bits per heavy atom. The molecule has 0 fully saturated rings. The number of benzene rings is 1. The summed E-state index contributed by atoms with van der Waals surface area (Å²) in [5.74, 6) is 0.619. The molecule has 1 amide bonds. The summed E-state index contributed by atoms with van der Waals surface area (Å²) in [6.45, 7) is 1.41. The number of hydrogen-bond acceptors (Lipinski definition) is 4. The smallest absolute Gasteiger partial charge is 0.257 e. The Morgan fingerprint density at radius 1 is 1.56 bits per heavy atom. The number of fused-ring (bicyclic) bond motifs is 1. The van der Waals surface area contributed by atoms with Gasteiger partial charge in [0.2, 0.25) is 0 Å². The molecule has 0 bridgehead atoms. The highest BCUT2D eigenvalue weighted by molar-refractivity contribution is 5.98. The van der Waals surface area contributed by atoms with Crippen molar-refractivity contribution in [2.75, 3.05) is 31.7 Å². The number of carbonyl (C=O) groups excluding carboxylic acids is 1. The molecule has 0 radical (unpaired) electrons. The van der Waals surface area contributed by atoms with Gasteiger partial charge in [0.25, 0.3) is 5.91 Å². The Bertz CT molecular complexity index is 418. The summed E-state index contributed by atoms with van der Waals surface area (Å²) in [6, 6.07) is 7.52. The topological polar surface area (TPSA) is 64.8 Å². The molecule has 0 saturated heterocycles. The van der Waals surface area contributed by atoms with Gasteiger partial charge in [-0.3, -0.25) is 4.79 Å². The average molecular weight is 250 g/mol. The highest BCUT2D eigenvalue weighted by atomic mass is 16.5. The van der Waals surface area contributed by atoms with Crippen molar-refractivity contribution in [2.24, 2.45) is 5.73 Å². The monoisotopic (exact) mass is 250 g/mol. The summed E-state index contributed by atoms with van der Waals surface area (Å²) >= 11 is 0. The van der Waals surface area contributed by atoms with Crippen molar-refractivity contribution in [1.82, 2.24) is 0 Å². The van der Waals surface area contributed by atoms with E-state index in [0.717, 1.165) is 17.9 Å². The minimum absolute atomic E-state index is 0.113. The van der Waals surface area contributed by atoms with Crippen LogP contribution in [0.25, 0.3) is 0 Å². The van der Waals surface area contributed by atoms with Crippen molar-refractivity contribution in [3.05, 3.63) is 24.3 Å². The molecule has 5 nitrogen and oxygen atoms in total. The van der Waals surface area contributed by atoms with E-state index >= 15 is 0 Å². The third-order valence-electron chi connectivity index (χ3n) is 2.98. The van der Waals surface area contributed by atoms with Crippen molar-refractivity contribution in [1.29, 1.82) is 0 Å². The lowest BCUT2D eigenvalue weighted by molar-refractivity contribution is -0.127. The third kappa shape index (κ3) is 2.47. The zero-order valence-corrected chi connectivity index (χ0v) is 10.5. The maximum absolute atomic E-state index is 12.3. The molecule has 1 aromatic rings. The lowest BCUT2D eigenvalue weighted by atomic mass is 10.2. The lowest BCUT2D eigenvalue weighted by Gasteiger charge is -2.25. The Kier molecular flexibility index (Phi) is 4.17. The molecule has 2 rings (SSSR count). The van der Waals surface area contributed by atoms with E-state index in [0.29, 0.717) is 13.2 Å². The molecule has 0 aromatic heterocycles. The van der Waals surface area contributed by atoms with Crippen LogP contribution in [0.2, 0.25) is 0 Å². The first-order valence-electron chi connectivity index (χ1n) is 6.04. The summed E-state index contributed by atoms with van der Waals surface area (Å²) in [5, 5.41) is 0. The molecule has 0 saturated carbocycles. The maximum atomic E-state index is 12.3. The normalized spacial score (nSPS) is 16.4. The number of para-hydroxylation sites is 2. The fraction of sp³-hybridized carbons (Fsp3) is 0.462. The predicted molar refractivity (Wildman–Crippen MR) is 68.8 cm³/mol. The van der Waals surface area contributed by atoms with E-state index in [1.807, 2.05) is 24.3 Å². The van der Waals surface area contributed by atoms with E-state index in [1.165, 1.54) is 7.11 Å². The van der Waals surface area contributed by atoms with Crippen LogP contribution < -0.4 is 15.4 Å². The molecular weight excluding hydrogens is 232 g/mol. The van der Waals surface area contributed by atoms with Crippen molar-refractivity contribution in [3.63, 3.8) is 0 Å². The van der Waals surface area contributed by atoms with E-state index in [2.05, 4.69) is 0 Å². The summed E-state index contributed by atoms with van der Waals surface area (Å²) < 4.78 is 10.7. The molecule has 0 aliphatic carbocycles. The van der Waals surface area contributed by atoms with Crippen LogP contribution in [0.4, 0.5) is 5.69 Å². The van der Waals surface area contributed by atoms with E-state index in [9.17, 15) is 4.79 Å². The van der Waals surface area contributed by atoms with Gasteiger partial charge in [-0.05, 0) is 18.6 Å². The van der Waals surface area contributed by atoms with Crippen LogP contribution in [-0.2, 0) is 9.53 Å². The van der Waals surface area contributed by atoms with E-state index in [4.69, 9.17) is 15.2 Å². The zero-order valence-electron chi connectivity index (χ0n) is 10.5. The summed E-state index contributed by atoms with van der Waals surface area (Å²) in [6.07, 6.45) is 0.192.